The van der Waals surface area contributed by atoms with E-state index in [9.17, 15) is 9.59 Å². The summed E-state index contributed by atoms with van der Waals surface area (Å²) in [5.41, 5.74) is 8.54. The van der Waals surface area contributed by atoms with Gasteiger partial charge in [0, 0.05) is 17.6 Å². The van der Waals surface area contributed by atoms with E-state index in [0.29, 0.717) is 21.8 Å². The number of thiophene rings is 1. The van der Waals surface area contributed by atoms with Crippen LogP contribution < -0.4 is 11.1 Å². The summed E-state index contributed by atoms with van der Waals surface area (Å²) in [6, 6.07) is 0. The maximum Gasteiger partial charge on any atom is 0.260 e. The number of carbonyl (C=O) groups is 2. The number of carbonyl (C=O) groups excluding carboxylic acids is 2. The number of aromatic nitrogens is 2. The molecule has 0 saturated carbocycles. The van der Waals surface area contributed by atoms with Gasteiger partial charge in [0.05, 0.1) is 16.8 Å². The summed E-state index contributed by atoms with van der Waals surface area (Å²) in [5.74, 6) is -0.811. The monoisotopic (exact) mass is 306 g/mol. The first-order valence-electron chi connectivity index (χ1n) is 6.45. The Kier molecular flexibility index (Phi) is 3.87. The summed E-state index contributed by atoms with van der Waals surface area (Å²) in [4.78, 5) is 25.0. The van der Waals surface area contributed by atoms with Crippen molar-refractivity contribution in [3.05, 3.63) is 33.0 Å². The number of nitrogens with zero attached hydrogens (tertiary/aromatic N) is 2. The van der Waals surface area contributed by atoms with Crippen molar-refractivity contribution >= 4 is 28.2 Å². The normalized spacial score (nSPS) is 10.7. The Morgan fingerprint density at radius 3 is 2.29 bits per heavy atom. The molecule has 2 rings (SSSR count). The van der Waals surface area contributed by atoms with Crippen molar-refractivity contribution in [3.63, 3.8) is 0 Å². The van der Waals surface area contributed by atoms with Gasteiger partial charge in [0.15, 0.2) is 0 Å². The predicted octanol–water partition coefficient (Wildman–Crippen LogP) is 2.07. The van der Waals surface area contributed by atoms with E-state index in [4.69, 9.17) is 5.73 Å². The minimum absolute atomic E-state index is 0.276. The topological polar surface area (TPSA) is 90.0 Å². The fourth-order valence-electron chi connectivity index (χ4n) is 2.28. The number of nitrogens with one attached hydrogen (secondary N) is 1. The number of aryl methyl sites for hydroxylation is 3. The largest absolute Gasteiger partial charge is 0.365 e. The molecule has 0 aromatic carbocycles. The molecule has 112 valence electrons. The van der Waals surface area contributed by atoms with Gasteiger partial charge in [0.2, 0.25) is 0 Å². The summed E-state index contributed by atoms with van der Waals surface area (Å²) in [5, 5.41) is 7.50. The molecule has 2 heterocycles. The number of rotatable bonds is 3. The first-order valence-corrected chi connectivity index (χ1v) is 7.27. The minimum atomic E-state index is -0.535. The van der Waals surface area contributed by atoms with Crippen molar-refractivity contribution in [1.82, 2.24) is 9.78 Å². The molecule has 0 aliphatic carbocycles. The Bertz CT molecular complexity index is 743. The highest BCUT2D eigenvalue weighted by Gasteiger charge is 2.22. The maximum absolute atomic E-state index is 12.5. The van der Waals surface area contributed by atoms with Crippen molar-refractivity contribution in [1.29, 1.82) is 0 Å². The summed E-state index contributed by atoms with van der Waals surface area (Å²) >= 11 is 1.35. The molecule has 0 fully saturated rings. The molecule has 0 unspecified atom stereocenters. The van der Waals surface area contributed by atoms with E-state index in [1.54, 1.807) is 18.7 Å². The third kappa shape index (κ3) is 2.56. The van der Waals surface area contributed by atoms with Gasteiger partial charge < -0.3 is 11.1 Å². The zero-order valence-corrected chi connectivity index (χ0v) is 13.5. The second kappa shape index (κ2) is 5.33. The Balaban J connectivity index is 2.41. The van der Waals surface area contributed by atoms with Crippen LogP contribution in [0.4, 0.5) is 5.00 Å². The molecule has 21 heavy (non-hydrogen) atoms. The van der Waals surface area contributed by atoms with E-state index in [0.717, 1.165) is 16.1 Å². The van der Waals surface area contributed by atoms with E-state index in [1.165, 1.54) is 11.3 Å². The summed E-state index contributed by atoms with van der Waals surface area (Å²) < 4.78 is 1.66. The average molecular weight is 306 g/mol. The molecule has 0 saturated heterocycles. The smallest absolute Gasteiger partial charge is 0.260 e. The lowest BCUT2D eigenvalue weighted by Crippen LogP contribution is -2.18. The van der Waals surface area contributed by atoms with Crippen LogP contribution in [0.15, 0.2) is 0 Å². The lowest BCUT2D eigenvalue weighted by molar-refractivity contribution is 0.100. The summed E-state index contributed by atoms with van der Waals surface area (Å²) in [6.45, 7) is 7.32. The minimum Gasteiger partial charge on any atom is -0.365 e. The van der Waals surface area contributed by atoms with Crippen molar-refractivity contribution in [2.75, 3.05) is 5.32 Å². The zero-order chi connectivity index (χ0) is 15.9. The van der Waals surface area contributed by atoms with Gasteiger partial charge in [0.1, 0.15) is 5.00 Å². The van der Waals surface area contributed by atoms with Crippen LogP contribution in [0.25, 0.3) is 0 Å². The van der Waals surface area contributed by atoms with Gasteiger partial charge in [-0.05, 0) is 33.3 Å². The van der Waals surface area contributed by atoms with Gasteiger partial charge in [0.25, 0.3) is 11.8 Å². The van der Waals surface area contributed by atoms with E-state index >= 15 is 0 Å². The van der Waals surface area contributed by atoms with Crippen LogP contribution in [0.1, 0.15) is 42.5 Å². The fourth-order valence-corrected chi connectivity index (χ4v) is 3.34. The van der Waals surface area contributed by atoms with Gasteiger partial charge in [-0.25, -0.2) is 0 Å². The van der Waals surface area contributed by atoms with Crippen LogP contribution in [-0.2, 0) is 7.05 Å². The molecule has 0 spiro atoms. The van der Waals surface area contributed by atoms with Crippen molar-refractivity contribution in [2.45, 2.75) is 27.7 Å². The third-order valence-electron chi connectivity index (χ3n) is 3.59. The Morgan fingerprint density at radius 1 is 1.19 bits per heavy atom. The third-order valence-corrected chi connectivity index (χ3v) is 4.72. The van der Waals surface area contributed by atoms with Crippen LogP contribution in [0.3, 0.4) is 0 Å². The summed E-state index contributed by atoms with van der Waals surface area (Å²) in [6.07, 6.45) is 0. The Labute approximate surface area is 127 Å². The number of primary amides is 1. The number of amides is 2. The maximum atomic E-state index is 12.5. The molecule has 2 amide bonds. The van der Waals surface area contributed by atoms with E-state index in [1.807, 2.05) is 20.8 Å². The van der Waals surface area contributed by atoms with Gasteiger partial charge >= 0.3 is 0 Å². The van der Waals surface area contributed by atoms with Crippen molar-refractivity contribution < 1.29 is 9.59 Å². The van der Waals surface area contributed by atoms with Crippen LogP contribution in [0.5, 0.6) is 0 Å². The van der Waals surface area contributed by atoms with Gasteiger partial charge in [-0.15, -0.1) is 11.3 Å². The predicted molar refractivity (Wildman–Crippen MR) is 82.9 cm³/mol. The summed E-state index contributed by atoms with van der Waals surface area (Å²) in [7, 11) is 1.79. The Hall–Kier alpha value is -2.15. The highest BCUT2D eigenvalue weighted by atomic mass is 32.1. The first-order chi connectivity index (χ1) is 9.73. The lowest BCUT2D eigenvalue weighted by atomic mass is 10.1. The molecule has 0 bridgehead atoms. The molecule has 0 radical (unpaired) electrons. The van der Waals surface area contributed by atoms with E-state index in [-0.39, 0.29) is 5.91 Å². The molecular weight excluding hydrogens is 288 g/mol. The van der Waals surface area contributed by atoms with Crippen LogP contribution in [-0.4, -0.2) is 21.6 Å². The number of hydrogen-bond donors (Lipinski definition) is 2. The highest BCUT2D eigenvalue weighted by molar-refractivity contribution is 7.16. The van der Waals surface area contributed by atoms with Crippen molar-refractivity contribution in [2.24, 2.45) is 12.8 Å². The SMILES string of the molecule is Cc1nn(C)c(C)c1C(=O)Nc1sc(C)c(C)c1C(N)=O. The molecule has 2 aromatic heterocycles. The van der Waals surface area contributed by atoms with Crippen LogP contribution in [0, 0.1) is 27.7 Å². The standard InChI is InChI=1S/C14H18N4O2S/c1-6-9(4)21-14(10(6)12(15)19)16-13(20)11-7(2)17-18(5)8(11)3/h1-5H3,(H2,15,19)(H,16,20). The lowest BCUT2D eigenvalue weighted by Gasteiger charge is -2.05. The first kappa shape index (κ1) is 15.2. The van der Waals surface area contributed by atoms with Crippen LogP contribution in [0.2, 0.25) is 0 Å². The molecule has 0 aliphatic heterocycles. The van der Waals surface area contributed by atoms with E-state index in [2.05, 4.69) is 10.4 Å². The molecule has 6 nitrogen and oxygen atoms in total. The quantitative estimate of drug-likeness (QED) is 0.909. The molecule has 3 N–H and O–H groups in total. The van der Waals surface area contributed by atoms with Gasteiger partial charge in [-0.1, -0.05) is 0 Å². The Morgan fingerprint density at radius 2 is 1.81 bits per heavy atom. The second-order valence-corrected chi connectivity index (χ2v) is 6.20. The molecule has 0 atom stereocenters. The number of nitrogens with two attached hydrogens (primary N) is 1. The highest BCUT2D eigenvalue weighted by Crippen LogP contribution is 2.32. The fraction of sp³-hybridized carbons (Fsp3) is 0.357. The molecule has 0 aliphatic rings. The molecule has 7 heteroatoms. The average Bonchev–Trinajstić information content (AvgIpc) is 2.77. The van der Waals surface area contributed by atoms with Crippen molar-refractivity contribution in [3.8, 4) is 0 Å². The van der Waals surface area contributed by atoms with Crippen LogP contribution >= 0.6 is 11.3 Å². The zero-order valence-electron chi connectivity index (χ0n) is 12.7. The second-order valence-electron chi connectivity index (χ2n) is 4.98. The van der Waals surface area contributed by atoms with E-state index < -0.39 is 5.91 Å². The molecular formula is C14H18N4O2S. The number of hydrogen-bond acceptors (Lipinski definition) is 4. The number of anilines is 1. The van der Waals surface area contributed by atoms with Gasteiger partial charge in [-0.3, -0.25) is 14.3 Å². The van der Waals surface area contributed by atoms with Gasteiger partial charge in [-0.2, -0.15) is 5.10 Å². The molecule has 2 aromatic rings.